The number of hydrogen-bond donors (Lipinski definition) is 1. The summed E-state index contributed by atoms with van der Waals surface area (Å²) in [5.41, 5.74) is 2.42. The lowest BCUT2D eigenvalue weighted by Gasteiger charge is -2.15. The van der Waals surface area contributed by atoms with Crippen molar-refractivity contribution < 1.29 is 28.6 Å². The molecule has 1 aliphatic heterocycles. The topological polar surface area (TPSA) is 94.2 Å². The van der Waals surface area contributed by atoms with Gasteiger partial charge in [0.05, 0.1) is 22.5 Å². The van der Waals surface area contributed by atoms with Gasteiger partial charge >= 0.3 is 0 Å². The Balaban J connectivity index is 1.41. The fraction of sp³-hybridized carbons (Fsp3) is 0.207. The lowest BCUT2D eigenvalue weighted by atomic mass is 10.2. The molecule has 0 unspecified atom stereocenters. The summed E-state index contributed by atoms with van der Waals surface area (Å²) in [6, 6.07) is 20.1. The van der Waals surface area contributed by atoms with Crippen LogP contribution in [0.5, 0.6) is 17.2 Å². The smallest absolute Gasteiger partial charge is 0.293 e. The van der Waals surface area contributed by atoms with Crippen LogP contribution in [0.2, 0.25) is 0 Å². The van der Waals surface area contributed by atoms with Gasteiger partial charge in [0.15, 0.2) is 18.1 Å². The van der Waals surface area contributed by atoms with E-state index in [0.717, 1.165) is 17.3 Å². The zero-order chi connectivity index (χ0) is 27.8. The molecule has 4 rings (SSSR count). The van der Waals surface area contributed by atoms with E-state index in [4.69, 9.17) is 14.2 Å². The average Bonchev–Trinajstić information content (AvgIpc) is 3.17. The third-order valence-electron chi connectivity index (χ3n) is 5.51. The van der Waals surface area contributed by atoms with Crippen molar-refractivity contribution in [2.24, 2.45) is 0 Å². The first-order valence-electron chi connectivity index (χ1n) is 12.2. The van der Waals surface area contributed by atoms with Gasteiger partial charge in [-0.1, -0.05) is 35.9 Å². The van der Waals surface area contributed by atoms with Crippen LogP contribution in [0.3, 0.4) is 0 Å². The van der Waals surface area contributed by atoms with E-state index >= 15 is 0 Å². The molecule has 3 aromatic carbocycles. The molecule has 0 atom stereocenters. The predicted octanol–water partition coefficient (Wildman–Crippen LogP) is 6.29. The normalized spacial score (nSPS) is 14.0. The maximum atomic E-state index is 12.9. The number of carbonyl (C=O) groups is 3. The van der Waals surface area contributed by atoms with Crippen molar-refractivity contribution in [3.8, 4) is 17.2 Å². The number of carbonyl (C=O) groups excluding carboxylic acids is 3. The van der Waals surface area contributed by atoms with Crippen LogP contribution in [-0.4, -0.2) is 48.3 Å². The van der Waals surface area contributed by atoms with Gasteiger partial charge in [0.1, 0.15) is 12.4 Å². The highest BCUT2D eigenvalue weighted by molar-refractivity contribution is 9.10. The molecule has 0 aromatic heterocycles. The quantitative estimate of drug-likeness (QED) is 0.255. The number of aryl methyl sites for hydroxylation is 1. The molecule has 1 heterocycles. The maximum absolute atomic E-state index is 12.9. The van der Waals surface area contributed by atoms with Crippen molar-refractivity contribution in [1.29, 1.82) is 0 Å². The first-order valence-corrected chi connectivity index (χ1v) is 13.8. The molecule has 0 spiro atoms. The number of anilines is 1. The summed E-state index contributed by atoms with van der Waals surface area (Å²) in [6.07, 6.45) is 1.63. The van der Waals surface area contributed by atoms with Crippen LogP contribution in [0.4, 0.5) is 10.5 Å². The maximum Gasteiger partial charge on any atom is 0.293 e. The molecule has 1 N–H and O–H groups in total. The SMILES string of the molecule is CCOc1cc(/C=C2\SC(=O)N(CCOc3ccc(C)cc3)C2=O)cc(Br)c1OCC(=O)Nc1ccccc1. The van der Waals surface area contributed by atoms with Crippen LogP contribution in [-0.2, 0) is 9.59 Å². The Bertz CT molecular complexity index is 1380. The molecule has 202 valence electrons. The van der Waals surface area contributed by atoms with Gasteiger partial charge in [-0.25, -0.2) is 0 Å². The zero-order valence-electron chi connectivity index (χ0n) is 21.4. The molecule has 0 aliphatic carbocycles. The molecular weight excluding hydrogens is 584 g/mol. The number of amides is 3. The summed E-state index contributed by atoms with van der Waals surface area (Å²) < 4.78 is 17.7. The van der Waals surface area contributed by atoms with E-state index in [2.05, 4.69) is 21.2 Å². The van der Waals surface area contributed by atoms with Gasteiger partial charge < -0.3 is 19.5 Å². The van der Waals surface area contributed by atoms with Gasteiger partial charge in [-0.2, -0.15) is 0 Å². The number of nitrogens with zero attached hydrogens (tertiary/aromatic N) is 1. The highest BCUT2D eigenvalue weighted by Gasteiger charge is 2.35. The van der Waals surface area contributed by atoms with Gasteiger partial charge in [0.2, 0.25) is 0 Å². The largest absolute Gasteiger partial charge is 0.492 e. The van der Waals surface area contributed by atoms with E-state index in [9.17, 15) is 14.4 Å². The van der Waals surface area contributed by atoms with Crippen LogP contribution in [0.25, 0.3) is 6.08 Å². The first kappa shape index (κ1) is 28.3. The van der Waals surface area contributed by atoms with Crippen molar-refractivity contribution in [2.75, 3.05) is 31.7 Å². The van der Waals surface area contributed by atoms with E-state index in [1.165, 1.54) is 4.90 Å². The number of halogens is 1. The highest BCUT2D eigenvalue weighted by atomic mass is 79.9. The van der Waals surface area contributed by atoms with Gasteiger partial charge in [-0.15, -0.1) is 0 Å². The first-order chi connectivity index (χ1) is 18.8. The van der Waals surface area contributed by atoms with E-state index < -0.39 is 0 Å². The third-order valence-corrected chi connectivity index (χ3v) is 7.01. The Kier molecular flexibility index (Phi) is 9.67. The summed E-state index contributed by atoms with van der Waals surface area (Å²) in [6.45, 7) is 4.28. The second-order valence-electron chi connectivity index (χ2n) is 8.46. The summed E-state index contributed by atoms with van der Waals surface area (Å²) in [7, 11) is 0. The van der Waals surface area contributed by atoms with Crippen LogP contribution in [0.15, 0.2) is 76.1 Å². The number of imide groups is 1. The number of rotatable bonds is 11. The number of para-hydroxylation sites is 1. The number of thioether (sulfide) groups is 1. The van der Waals surface area contributed by atoms with Gasteiger partial charge in [-0.3, -0.25) is 19.3 Å². The number of hydrogen-bond acceptors (Lipinski definition) is 7. The van der Waals surface area contributed by atoms with Crippen molar-refractivity contribution in [3.63, 3.8) is 0 Å². The summed E-state index contributed by atoms with van der Waals surface area (Å²) >= 11 is 4.35. The van der Waals surface area contributed by atoms with Crippen LogP contribution in [0, 0.1) is 6.92 Å². The molecule has 10 heteroatoms. The fourth-order valence-electron chi connectivity index (χ4n) is 3.66. The molecule has 3 aromatic rings. The van der Waals surface area contributed by atoms with Gasteiger partial charge in [0.25, 0.3) is 17.1 Å². The number of nitrogens with one attached hydrogen (secondary N) is 1. The van der Waals surface area contributed by atoms with Gasteiger partial charge in [-0.05, 0) is 89.6 Å². The molecule has 39 heavy (non-hydrogen) atoms. The Morgan fingerprint density at radius 3 is 2.49 bits per heavy atom. The molecule has 3 amide bonds. The van der Waals surface area contributed by atoms with E-state index in [0.29, 0.717) is 44.5 Å². The molecule has 1 fully saturated rings. The lowest BCUT2D eigenvalue weighted by molar-refractivity contribution is -0.123. The third kappa shape index (κ3) is 7.64. The molecule has 0 saturated carbocycles. The Hall–Kier alpha value is -3.76. The van der Waals surface area contributed by atoms with Crippen LogP contribution < -0.4 is 19.5 Å². The highest BCUT2D eigenvalue weighted by Crippen LogP contribution is 2.39. The molecular formula is C29H27BrN2O6S. The van der Waals surface area contributed by atoms with Crippen molar-refractivity contribution >= 4 is 56.5 Å². The Labute approximate surface area is 239 Å². The van der Waals surface area contributed by atoms with E-state index in [-0.39, 0.29) is 36.8 Å². The van der Waals surface area contributed by atoms with Crippen molar-refractivity contribution in [3.05, 3.63) is 87.2 Å². The van der Waals surface area contributed by atoms with Crippen LogP contribution in [0.1, 0.15) is 18.1 Å². The standard InChI is InChI=1S/C29H27BrN2O6S/c1-3-36-24-16-20(15-23(30)27(24)38-18-26(33)31-21-7-5-4-6-8-21)17-25-28(34)32(29(35)39-25)13-14-37-22-11-9-19(2)10-12-22/h4-12,15-17H,3,13-14,18H2,1-2H3,(H,31,33)/b25-17-. The van der Waals surface area contributed by atoms with E-state index in [1.807, 2.05) is 56.3 Å². The van der Waals surface area contributed by atoms with Crippen molar-refractivity contribution in [1.82, 2.24) is 4.90 Å². The second-order valence-corrected chi connectivity index (χ2v) is 10.3. The van der Waals surface area contributed by atoms with Crippen molar-refractivity contribution in [2.45, 2.75) is 13.8 Å². The minimum Gasteiger partial charge on any atom is -0.492 e. The lowest BCUT2D eigenvalue weighted by Crippen LogP contribution is -2.32. The summed E-state index contributed by atoms with van der Waals surface area (Å²) in [5.74, 6) is 0.732. The Morgan fingerprint density at radius 1 is 1.03 bits per heavy atom. The molecule has 1 saturated heterocycles. The van der Waals surface area contributed by atoms with E-state index in [1.54, 1.807) is 30.3 Å². The Morgan fingerprint density at radius 2 is 1.77 bits per heavy atom. The fourth-order valence-corrected chi connectivity index (χ4v) is 5.10. The molecule has 0 bridgehead atoms. The second kappa shape index (κ2) is 13.3. The zero-order valence-corrected chi connectivity index (χ0v) is 23.8. The number of benzene rings is 3. The monoisotopic (exact) mass is 610 g/mol. The van der Waals surface area contributed by atoms with Gasteiger partial charge in [0, 0.05) is 5.69 Å². The molecule has 0 radical (unpaired) electrons. The molecule has 1 aliphatic rings. The summed E-state index contributed by atoms with van der Waals surface area (Å²) in [5, 5.41) is 2.41. The minimum absolute atomic E-state index is 0.140. The predicted molar refractivity (Wildman–Crippen MR) is 155 cm³/mol. The molecule has 8 nitrogen and oxygen atoms in total. The summed E-state index contributed by atoms with van der Waals surface area (Å²) in [4.78, 5) is 39.3. The van der Waals surface area contributed by atoms with Crippen LogP contribution >= 0.6 is 27.7 Å². The number of ether oxygens (including phenoxy) is 3. The average molecular weight is 612 g/mol. The minimum atomic E-state index is -0.385.